The van der Waals surface area contributed by atoms with Crippen LogP contribution in [-0.2, 0) is 16.4 Å². The summed E-state index contributed by atoms with van der Waals surface area (Å²) in [7, 11) is -3.34. The van der Waals surface area contributed by atoms with Crippen LogP contribution in [0, 0.1) is 5.92 Å². The molecule has 0 saturated carbocycles. The highest BCUT2D eigenvalue weighted by molar-refractivity contribution is 7.90. The van der Waals surface area contributed by atoms with E-state index in [9.17, 15) is 13.5 Å². The molecule has 32 heavy (non-hydrogen) atoms. The van der Waals surface area contributed by atoms with Gasteiger partial charge in [0.25, 0.3) is 0 Å². The van der Waals surface area contributed by atoms with Crippen molar-refractivity contribution in [1.82, 2.24) is 4.90 Å². The van der Waals surface area contributed by atoms with Crippen LogP contribution < -0.4 is 0 Å². The quantitative estimate of drug-likeness (QED) is 0.489. The number of hydrogen-bond acceptors (Lipinski definition) is 4. The smallest absolute Gasteiger partial charge is 0.154 e. The second-order valence-electron chi connectivity index (χ2n) is 8.37. The van der Waals surface area contributed by atoms with Gasteiger partial charge in [0, 0.05) is 35.3 Å². The molecule has 1 N–H and O–H groups in total. The van der Waals surface area contributed by atoms with E-state index < -0.39 is 15.1 Å². The van der Waals surface area contributed by atoms with Crippen molar-refractivity contribution in [3.05, 3.63) is 105 Å². The third kappa shape index (κ3) is 5.03. The van der Waals surface area contributed by atoms with Crippen LogP contribution in [0.1, 0.15) is 33.5 Å². The van der Waals surface area contributed by atoms with Gasteiger partial charge < -0.3 is 5.11 Å². The SMILES string of the molecule is CS(=O)(=O)C(c1cccc(CO)c1)C1CN(C(c2ccc(Cl)cc2)c2ccc(Cl)cc2)C1. The number of aliphatic hydroxyl groups excluding tert-OH is 1. The third-order valence-electron chi connectivity index (χ3n) is 6.03. The van der Waals surface area contributed by atoms with Crippen molar-refractivity contribution in [3.63, 3.8) is 0 Å². The maximum atomic E-state index is 12.7. The van der Waals surface area contributed by atoms with Crippen molar-refractivity contribution >= 4 is 33.0 Å². The zero-order valence-corrected chi connectivity index (χ0v) is 20.0. The molecular weight excluding hydrogens is 465 g/mol. The predicted molar refractivity (Wildman–Crippen MR) is 130 cm³/mol. The van der Waals surface area contributed by atoms with Gasteiger partial charge in [-0.25, -0.2) is 8.42 Å². The largest absolute Gasteiger partial charge is 0.392 e. The Morgan fingerprint density at radius 1 is 0.906 bits per heavy atom. The summed E-state index contributed by atoms with van der Waals surface area (Å²) >= 11 is 12.2. The maximum absolute atomic E-state index is 12.7. The first-order valence-electron chi connectivity index (χ1n) is 10.4. The van der Waals surface area contributed by atoms with E-state index in [4.69, 9.17) is 23.2 Å². The predicted octanol–water partition coefficient (Wildman–Crippen LogP) is 5.29. The maximum Gasteiger partial charge on any atom is 0.154 e. The topological polar surface area (TPSA) is 57.6 Å². The van der Waals surface area contributed by atoms with E-state index in [2.05, 4.69) is 4.90 Å². The van der Waals surface area contributed by atoms with Crippen molar-refractivity contribution in [1.29, 1.82) is 0 Å². The minimum Gasteiger partial charge on any atom is -0.392 e. The highest BCUT2D eigenvalue weighted by Gasteiger charge is 2.42. The van der Waals surface area contributed by atoms with Crippen LogP contribution in [0.15, 0.2) is 72.8 Å². The van der Waals surface area contributed by atoms with Gasteiger partial charge in [0.15, 0.2) is 9.84 Å². The number of halogens is 2. The monoisotopic (exact) mass is 489 g/mol. The Balaban J connectivity index is 1.63. The molecule has 1 saturated heterocycles. The Morgan fingerprint density at radius 3 is 1.91 bits per heavy atom. The van der Waals surface area contributed by atoms with Gasteiger partial charge in [-0.15, -0.1) is 0 Å². The van der Waals surface area contributed by atoms with Crippen LogP contribution in [0.25, 0.3) is 0 Å². The number of nitrogens with zero attached hydrogens (tertiary/aromatic N) is 1. The van der Waals surface area contributed by atoms with E-state index in [-0.39, 0.29) is 18.6 Å². The number of benzene rings is 3. The summed E-state index contributed by atoms with van der Waals surface area (Å²) in [6.45, 7) is 1.16. The fraction of sp³-hybridized carbons (Fsp3) is 0.280. The number of sulfone groups is 1. The van der Waals surface area contributed by atoms with Crippen molar-refractivity contribution < 1.29 is 13.5 Å². The summed E-state index contributed by atoms with van der Waals surface area (Å²) in [4.78, 5) is 2.28. The van der Waals surface area contributed by atoms with Gasteiger partial charge in [0.2, 0.25) is 0 Å². The van der Waals surface area contributed by atoms with E-state index in [0.717, 1.165) is 16.7 Å². The Kier molecular flexibility index (Phi) is 6.94. The molecule has 1 fully saturated rings. The summed E-state index contributed by atoms with van der Waals surface area (Å²) in [6, 6.07) is 22.7. The lowest BCUT2D eigenvalue weighted by Gasteiger charge is -2.47. The molecule has 1 heterocycles. The van der Waals surface area contributed by atoms with E-state index >= 15 is 0 Å². The lowest BCUT2D eigenvalue weighted by molar-refractivity contribution is 0.0655. The standard InChI is InChI=1S/C25H25Cl2NO3S/c1-32(30,31)25(20-4-2-3-17(13-20)16-29)21-14-28(15-21)24(18-5-9-22(26)10-6-18)19-7-11-23(27)12-8-19/h2-13,21,24-25,29H,14-16H2,1H3. The Hall–Kier alpha value is -1.89. The fourth-order valence-corrected chi connectivity index (χ4v) is 6.36. The summed E-state index contributed by atoms with van der Waals surface area (Å²) in [5.41, 5.74) is 3.63. The molecule has 0 bridgehead atoms. The van der Waals surface area contributed by atoms with Crippen LogP contribution in [0.2, 0.25) is 10.0 Å². The van der Waals surface area contributed by atoms with Gasteiger partial charge in [-0.2, -0.15) is 0 Å². The van der Waals surface area contributed by atoms with Crippen LogP contribution >= 0.6 is 23.2 Å². The molecule has 1 aliphatic rings. The second-order valence-corrected chi connectivity index (χ2v) is 11.4. The molecule has 0 radical (unpaired) electrons. The fourth-order valence-electron chi connectivity index (χ4n) is 4.59. The van der Waals surface area contributed by atoms with E-state index in [1.165, 1.54) is 6.26 Å². The molecule has 3 aromatic carbocycles. The van der Waals surface area contributed by atoms with E-state index in [1.54, 1.807) is 18.2 Å². The lowest BCUT2D eigenvalue weighted by atomic mass is 9.86. The van der Waals surface area contributed by atoms with Crippen LogP contribution in [0.4, 0.5) is 0 Å². The molecule has 0 spiro atoms. The van der Waals surface area contributed by atoms with Crippen molar-refractivity contribution in [3.8, 4) is 0 Å². The highest BCUT2D eigenvalue weighted by Crippen LogP contribution is 2.42. The molecule has 168 valence electrons. The zero-order valence-electron chi connectivity index (χ0n) is 17.7. The molecular formula is C25H25Cl2NO3S. The Morgan fingerprint density at radius 2 is 1.44 bits per heavy atom. The molecule has 0 amide bonds. The molecule has 3 aromatic rings. The first-order valence-corrected chi connectivity index (χ1v) is 13.1. The summed E-state index contributed by atoms with van der Waals surface area (Å²) < 4.78 is 25.5. The molecule has 0 aromatic heterocycles. The van der Waals surface area contributed by atoms with Crippen molar-refractivity contribution in [2.75, 3.05) is 19.3 Å². The van der Waals surface area contributed by atoms with Crippen molar-refractivity contribution in [2.24, 2.45) is 5.92 Å². The number of likely N-dealkylation sites (tertiary alicyclic amines) is 1. The Bertz CT molecular complexity index is 1130. The van der Waals surface area contributed by atoms with Crippen LogP contribution in [0.3, 0.4) is 0 Å². The average Bonchev–Trinajstić information content (AvgIpc) is 2.73. The minimum atomic E-state index is -3.34. The van der Waals surface area contributed by atoms with Gasteiger partial charge >= 0.3 is 0 Å². The van der Waals surface area contributed by atoms with Crippen LogP contribution in [0.5, 0.6) is 0 Å². The summed E-state index contributed by atoms with van der Waals surface area (Å²) in [5.74, 6) is -0.0407. The van der Waals surface area contributed by atoms with Crippen LogP contribution in [-0.4, -0.2) is 37.8 Å². The molecule has 1 aliphatic heterocycles. The number of rotatable bonds is 7. The first kappa shape index (κ1) is 23.3. The van der Waals surface area contributed by atoms with Gasteiger partial charge in [-0.3, -0.25) is 4.90 Å². The normalized spacial score (nSPS) is 16.2. The molecule has 4 rings (SSSR count). The van der Waals surface area contributed by atoms with Gasteiger partial charge in [0.1, 0.15) is 0 Å². The Labute approximate surface area is 199 Å². The van der Waals surface area contributed by atoms with Gasteiger partial charge in [0.05, 0.1) is 17.9 Å². The second kappa shape index (κ2) is 9.54. The van der Waals surface area contributed by atoms with Gasteiger partial charge in [-0.05, 0) is 46.5 Å². The number of aliphatic hydroxyl groups is 1. The zero-order chi connectivity index (χ0) is 22.9. The molecule has 4 nitrogen and oxygen atoms in total. The average molecular weight is 490 g/mol. The lowest BCUT2D eigenvalue weighted by Crippen LogP contribution is -2.52. The molecule has 1 unspecified atom stereocenters. The molecule has 1 atom stereocenters. The molecule has 7 heteroatoms. The highest BCUT2D eigenvalue weighted by atomic mass is 35.5. The molecule has 0 aliphatic carbocycles. The summed E-state index contributed by atoms with van der Waals surface area (Å²) in [5, 5.41) is 10.2. The van der Waals surface area contributed by atoms with E-state index in [1.807, 2.05) is 54.6 Å². The minimum absolute atomic E-state index is 0.0234. The van der Waals surface area contributed by atoms with E-state index in [0.29, 0.717) is 28.7 Å². The summed E-state index contributed by atoms with van der Waals surface area (Å²) in [6.07, 6.45) is 1.29. The van der Waals surface area contributed by atoms with Crippen molar-refractivity contribution in [2.45, 2.75) is 17.9 Å². The third-order valence-corrected chi connectivity index (χ3v) is 8.11. The first-order chi connectivity index (χ1) is 15.3. The van der Waals surface area contributed by atoms with Gasteiger partial charge in [-0.1, -0.05) is 71.7 Å². The number of hydrogen-bond donors (Lipinski definition) is 1.